The fourth-order valence-corrected chi connectivity index (χ4v) is 4.73. The lowest BCUT2D eigenvalue weighted by atomic mass is 9.96. The van der Waals surface area contributed by atoms with Gasteiger partial charge in [-0.2, -0.15) is 0 Å². The van der Waals surface area contributed by atoms with Crippen molar-refractivity contribution in [2.45, 2.75) is 43.2 Å². The molecule has 0 aliphatic carbocycles. The molecule has 2 N–H and O–H groups in total. The molecule has 8 nitrogen and oxygen atoms in total. The number of alkyl halides is 1. The van der Waals surface area contributed by atoms with Gasteiger partial charge in [0.2, 0.25) is 0 Å². The van der Waals surface area contributed by atoms with Crippen molar-refractivity contribution in [3.8, 4) is 22.7 Å². The number of nitrogens with one attached hydrogen (secondary N) is 1. The summed E-state index contributed by atoms with van der Waals surface area (Å²) in [7, 11) is 3.53. The van der Waals surface area contributed by atoms with E-state index in [0.29, 0.717) is 29.9 Å². The van der Waals surface area contributed by atoms with E-state index >= 15 is 4.39 Å². The van der Waals surface area contributed by atoms with E-state index in [0.717, 1.165) is 5.69 Å². The molecule has 4 heterocycles. The Bertz CT molecular complexity index is 1040. The summed E-state index contributed by atoms with van der Waals surface area (Å²) in [6.07, 6.45) is 5.51. The molecule has 0 unspecified atom stereocenters. The number of halogens is 1. The number of rotatable bonds is 5. The molecule has 5 atom stereocenters. The van der Waals surface area contributed by atoms with Crippen molar-refractivity contribution in [3.63, 3.8) is 0 Å². The first-order valence-corrected chi connectivity index (χ1v) is 10.4. The lowest BCUT2D eigenvalue weighted by Crippen LogP contribution is -2.56. The summed E-state index contributed by atoms with van der Waals surface area (Å²) < 4.78 is 22.4. The normalized spacial score (nSPS) is 27.4. The van der Waals surface area contributed by atoms with Gasteiger partial charge in [0.25, 0.3) is 0 Å². The Morgan fingerprint density at radius 2 is 2.06 bits per heavy atom. The fourth-order valence-electron chi connectivity index (χ4n) is 4.73. The van der Waals surface area contributed by atoms with E-state index in [9.17, 15) is 5.11 Å². The number of anilines is 1. The minimum Gasteiger partial charge on any atom is -0.507 e. The van der Waals surface area contributed by atoms with Crippen LogP contribution in [0.15, 0.2) is 49.1 Å². The van der Waals surface area contributed by atoms with Crippen LogP contribution in [-0.2, 0) is 4.74 Å². The third-order valence-electron chi connectivity index (χ3n) is 6.48. The van der Waals surface area contributed by atoms with Gasteiger partial charge in [-0.15, -0.1) is 10.2 Å². The molecule has 3 aromatic rings. The second kappa shape index (κ2) is 7.90. The molecule has 2 fully saturated rings. The van der Waals surface area contributed by atoms with Crippen molar-refractivity contribution in [3.05, 3.63) is 49.1 Å². The van der Waals surface area contributed by atoms with Crippen LogP contribution in [0.3, 0.4) is 0 Å². The van der Waals surface area contributed by atoms with Gasteiger partial charge in [-0.1, -0.05) is 0 Å². The van der Waals surface area contributed by atoms with Crippen LogP contribution in [0, 0.1) is 0 Å². The number of hydrogen-bond donors (Lipinski definition) is 2. The zero-order valence-corrected chi connectivity index (χ0v) is 17.4. The van der Waals surface area contributed by atoms with Crippen molar-refractivity contribution in [1.29, 1.82) is 0 Å². The minimum absolute atomic E-state index is 0.0448. The number of phenols is 1. The molecule has 0 spiro atoms. The third kappa shape index (κ3) is 3.53. The van der Waals surface area contributed by atoms with Gasteiger partial charge in [0.05, 0.1) is 29.9 Å². The summed E-state index contributed by atoms with van der Waals surface area (Å²) >= 11 is 0. The molecule has 2 aromatic heterocycles. The second-order valence-electron chi connectivity index (χ2n) is 8.20. The van der Waals surface area contributed by atoms with Gasteiger partial charge in [0.1, 0.15) is 11.9 Å². The summed E-state index contributed by atoms with van der Waals surface area (Å²) in [6.45, 7) is 0. The van der Waals surface area contributed by atoms with E-state index in [2.05, 4.69) is 20.5 Å². The highest BCUT2D eigenvalue weighted by atomic mass is 19.1. The molecule has 31 heavy (non-hydrogen) atoms. The summed E-state index contributed by atoms with van der Waals surface area (Å²) in [5.41, 5.74) is 1.93. The van der Waals surface area contributed by atoms with Gasteiger partial charge in [-0.3, -0.25) is 0 Å². The van der Waals surface area contributed by atoms with Crippen LogP contribution < -0.4 is 10.2 Å². The van der Waals surface area contributed by atoms with Crippen LogP contribution in [0.4, 0.5) is 10.2 Å². The summed E-state index contributed by atoms with van der Waals surface area (Å²) in [6, 6.07) is 8.60. The molecule has 0 saturated carbocycles. The summed E-state index contributed by atoms with van der Waals surface area (Å²) in [5, 5.41) is 22.4. The SMILES string of the molecule is CO[C@@H]1C[C@@H]2N[C@H]1C[C@@H](N(C)c1ccc(-c3ccc(-n4ccnc4)cc3O)nn1)[C@@H]2F. The Hall–Kier alpha value is -3.04. The monoisotopic (exact) mass is 424 g/mol. The maximum Gasteiger partial charge on any atom is 0.151 e. The molecule has 2 aliphatic rings. The Labute approximate surface area is 179 Å². The van der Waals surface area contributed by atoms with Crippen molar-refractivity contribution in [2.24, 2.45) is 0 Å². The molecule has 0 radical (unpaired) electrons. The Morgan fingerprint density at radius 3 is 2.74 bits per heavy atom. The first-order valence-electron chi connectivity index (χ1n) is 10.4. The van der Waals surface area contributed by atoms with E-state index in [1.54, 1.807) is 48.6 Å². The van der Waals surface area contributed by atoms with Crippen LogP contribution in [0.1, 0.15) is 12.8 Å². The van der Waals surface area contributed by atoms with Crippen molar-refractivity contribution >= 4 is 5.82 Å². The van der Waals surface area contributed by atoms with Crippen molar-refractivity contribution in [1.82, 2.24) is 25.1 Å². The topological polar surface area (TPSA) is 88.3 Å². The number of imidazole rings is 1. The van der Waals surface area contributed by atoms with Crippen LogP contribution in [0.5, 0.6) is 5.75 Å². The lowest BCUT2D eigenvalue weighted by Gasteiger charge is -2.38. The predicted octanol–water partition coefficient (Wildman–Crippen LogP) is 2.33. The molecule has 162 valence electrons. The van der Waals surface area contributed by atoms with E-state index in [-0.39, 0.29) is 30.0 Å². The zero-order valence-electron chi connectivity index (χ0n) is 17.4. The standard InChI is InChI=1S/C22H25FN6O2/c1-28(18-10-16-20(31-2)11-17(25-16)22(18)23)21-6-5-15(26-27-21)14-4-3-13(9-19(14)30)29-8-7-24-12-29/h3-9,12,16-18,20,22,25,30H,10-11H2,1-2H3/t16-,17-,18+,20+,22+/m0/s1. The molecule has 5 rings (SSSR count). The second-order valence-corrected chi connectivity index (χ2v) is 8.20. The fraction of sp³-hybridized carbons (Fsp3) is 0.409. The van der Waals surface area contributed by atoms with Gasteiger partial charge in [-0.05, 0) is 37.1 Å². The first kappa shape index (κ1) is 19.9. The number of hydrogen-bond acceptors (Lipinski definition) is 7. The Balaban J connectivity index is 1.34. The number of phenolic OH excluding ortho intramolecular Hbond substituents is 1. The smallest absolute Gasteiger partial charge is 0.151 e. The number of aromatic hydroxyl groups is 1. The van der Waals surface area contributed by atoms with Crippen molar-refractivity contribution in [2.75, 3.05) is 19.1 Å². The minimum atomic E-state index is -1.01. The molecule has 2 bridgehead atoms. The van der Waals surface area contributed by atoms with Crippen molar-refractivity contribution < 1.29 is 14.2 Å². The van der Waals surface area contributed by atoms with Gasteiger partial charge < -0.3 is 24.6 Å². The number of piperidine rings is 1. The molecule has 2 saturated heterocycles. The number of benzene rings is 1. The molecular formula is C22H25FN6O2. The van der Waals surface area contributed by atoms with E-state index < -0.39 is 6.17 Å². The third-order valence-corrected chi connectivity index (χ3v) is 6.48. The van der Waals surface area contributed by atoms with Gasteiger partial charge in [0, 0.05) is 50.3 Å². The van der Waals surface area contributed by atoms with E-state index in [1.807, 2.05) is 24.1 Å². The number of ether oxygens (including phenoxy) is 1. The highest BCUT2D eigenvalue weighted by Crippen LogP contribution is 2.35. The lowest BCUT2D eigenvalue weighted by molar-refractivity contribution is 0.0877. The number of aromatic nitrogens is 4. The molecular weight excluding hydrogens is 399 g/mol. The molecule has 1 aromatic carbocycles. The number of fused-ring (bicyclic) bond motifs is 2. The maximum absolute atomic E-state index is 15.1. The summed E-state index contributed by atoms with van der Waals surface area (Å²) in [5.74, 6) is 0.701. The molecule has 0 amide bonds. The average molecular weight is 424 g/mol. The summed E-state index contributed by atoms with van der Waals surface area (Å²) in [4.78, 5) is 5.88. The van der Waals surface area contributed by atoms with Crippen LogP contribution in [0.2, 0.25) is 0 Å². The van der Waals surface area contributed by atoms with Crippen LogP contribution in [-0.4, -0.2) is 69.4 Å². The first-order chi connectivity index (χ1) is 15.0. The molecule has 2 aliphatic heterocycles. The zero-order chi connectivity index (χ0) is 21.5. The maximum atomic E-state index is 15.1. The number of methoxy groups -OCH3 is 1. The highest BCUT2D eigenvalue weighted by Gasteiger charge is 2.48. The quantitative estimate of drug-likeness (QED) is 0.650. The highest BCUT2D eigenvalue weighted by molar-refractivity contribution is 5.69. The van der Waals surface area contributed by atoms with Crippen LogP contribution >= 0.6 is 0 Å². The Kier molecular flexibility index (Phi) is 5.07. The van der Waals surface area contributed by atoms with Gasteiger partial charge >= 0.3 is 0 Å². The van der Waals surface area contributed by atoms with Gasteiger partial charge in [-0.25, -0.2) is 9.37 Å². The predicted molar refractivity (Wildman–Crippen MR) is 114 cm³/mol. The van der Waals surface area contributed by atoms with Gasteiger partial charge in [0.15, 0.2) is 5.82 Å². The average Bonchev–Trinajstić information content (AvgIpc) is 3.44. The van der Waals surface area contributed by atoms with E-state index in [1.165, 1.54) is 0 Å². The largest absolute Gasteiger partial charge is 0.507 e. The Morgan fingerprint density at radius 1 is 1.19 bits per heavy atom. The molecule has 9 heteroatoms. The number of nitrogens with zero attached hydrogens (tertiary/aromatic N) is 5. The van der Waals surface area contributed by atoms with Crippen LogP contribution in [0.25, 0.3) is 16.9 Å². The van der Waals surface area contributed by atoms with E-state index in [4.69, 9.17) is 4.74 Å².